The van der Waals surface area contributed by atoms with E-state index in [1.54, 1.807) is 25.5 Å². The summed E-state index contributed by atoms with van der Waals surface area (Å²) in [6.45, 7) is 0.978. The number of hydrogen-bond acceptors (Lipinski definition) is 3. The standard InChI is InChI=1S/C8H10BrN3O2S/c1-11-2-3-12(15(11,13)14)8-4-7(9)5-10-6-8/h4-6H,2-3H2,1H3. The molecule has 0 radical (unpaired) electrons. The lowest BCUT2D eigenvalue weighted by Gasteiger charge is -2.17. The van der Waals surface area contributed by atoms with Crippen molar-refractivity contribution in [1.29, 1.82) is 0 Å². The summed E-state index contributed by atoms with van der Waals surface area (Å²) >= 11 is 3.26. The summed E-state index contributed by atoms with van der Waals surface area (Å²) < 4.78 is 27.1. The maximum Gasteiger partial charge on any atom is 0.303 e. The molecule has 1 aromatic rings. The van der Waals surface area contributed by atoms with Crippen molar-refractivity contribution in [2.45, 2.75) is 0 Å². The average molecular weight is 292 g/mol. The van der Waals surface area contributed by atoms with Gasteiger partial charge in [0.2, 0.25) is 0 Å². The Morgan fingerprint density at radius 3 is 2.67 bits per heavy atom. The number of nitrogens with zero attached hydrogens (tertiary/aromatic N) is 3. The fourth-order valence-corrected chi connectivity index (χ4v) is 3.11. The van der Waals surface area contributed by atoms with Crippen LogP contribution in [0.15, 0.2) is 22.9 Å². The van der Waals surface area contributed by atoms with Crippen LogP contribution in [0.4, 0.5) is 5.69 Å². The van der Waals surface area contributed by atoms with Crippen molar-refractivity contribution in [1.82, 2.24) is 9.29 Å². The Bertz CT molecular complexity index is 477. The Morgan fingerprint density at radius 1 is 1.40 bits per heavy atom. The zero-order chi connectivity index (χ0) is 11.1. The monoisotopic (exact) mass is 291 g/mol. The Morgan fingerprint density at radius 2 is 2.13 bits per heavy atom. The van der Waals surface area contributed by atoms with Crippen molar-refractivity contribution >= 4 is 31.8 Å². The van der Waals surface area contributed by atoms with E-state index >= 15 is 0 Å². The van der Waals surface area contributed by atoms with Gasteiger partial charge in [-0.15, -0.1) is 0 Å². The van der Waals surface area contributed by atoms with E-state index in [1.165, 1.54) is 8.61 Å². The molecular formula is C8H10BrN3O2S. The van der Waals surface area contributed by atoms with Gasteiger partial charge in [-0.25, -0.2) is 0 Å². The number of pyridine rings is 1. The van der Waals surface area contributed by atoms with Gasteiger partial charge in [-0.05, 0) is 22.0 Å². The van der Waals surface area contributed by atoms with Crippen molar-refractivity contribution in [3.8, 4) is 0 Å². The van der Waals surface area contributed by atoms with Crippen molar-refractivity contribution in [2.24, 2.45) is 0 Å². The van der Waals surface area contributed by atoms with Crippen LogP contribution in [0.3, 0.4) is 0 Å². The molecule has 82 valence electrons. The maximum absolute atomic E-state index is 11.8. The van der Waals surface area contributed by atoms with Crippen molar-refractivity contribution < 1.29 is 8.42 Å². The molecule has 1 saturated heterocycles. The van der Waals surface area contributed by atoms with Gasteiger partial charge in [-0.3, -0.25) is 9.29 Å². The third-order valence-corrected chi connectivity index (χ3v) is 4.62. The fraction of sp³-hybridized carbons (Fsp3) is 0.375. The van der Waals surface area contributed by atoms with Crippen molar-refractivity contribution in [3.63, 3.8) is 0 Å². The second-order valence-corrected chi connectivity index (χ2v) is 6.14. The third-order valence-electron chi connectivity index (χ3n) is 2.27. The fourth-order valence-electron chi connectivity index (χ4n) is 1.43. The smallest absolute Gasteiger partial charge is 0.261 e. The first kappa shape index (κ1) is 10.8. The summed E-state index contributed by atoms with van der Waals surface area (Å²) in [5.41, 5.74) is 0.591. The van der Waals surface area contributed by atoms with Gasteiger partial charge in [-0.2, -0.15) is 12.7 Å². The van der Waals surface area contributed by atoms with E-state index in [2.05, 4.69) is 20.9 Å². The lowest BCUT2D eigenvalue weighted by molar-refractivity contribution is 0.511. The van der Waals surface area contributed by atoms with Gasteiger partial charge < -0.3 is 0 Å². The minimum Gasteiger partial charge on any atom is -0.261 e. The second kappa shape index (κ2) is 3.73. The molecule has 1 aliphatic heterocycles. The van der Waals surface area contributed by atoms with Gasteiger partial charge in [0.25, 0.3) is 0 Å². The Labute approximate surface area is 97.0 Å². The zero-order valence-electron chi connectivity index (χ0n) is 8.09. The van der Waals surface area contributed by atoms with Gasteiger partial charge >= 0.3 is 10.2 Å². The molecule has 1 aromatic heterocycles. The van der Waals surface area contributed by atoms with Gasteiger partial charge in [0.15, 0.2) is 0 Å². The first-order valence-electron chi connectivity index (χ1n) is 4.36. The molecule has 5 nitrogen and oxygen atoms in total. The van der Waals surface area contributed by atoms with Crippen LogP contribution in [-0.2, 0) is 10.2 Å². The molecule has 0 N–H and O–H groups in total. The number of halogens is 1. The molecule has 2 heterocycles. The lowest BCUT2D eigenvalue weighted by atomic mass is 10.4. The van der Waals surface area contributed by atoms with Crippen molar-refractivity contribution in [2.75, 3.05) is 24.4 Å². The summed E-state index contributed by atoms with van der Waals surface area (Å²) in [5.74, 6) is 0. The quantitative estimate of drug-likeness (QED) is 0.771. The SMILES string of the molecule is CN1CCN(c2cncc(Br)c2)S1(=O)=O. The van der Waals surface area contributed by atoms with Crippen LogP contribution in [-0.4, -0.2) is 37.8 Å². The first-order chi connectivity index (χ1) is 7.01. The van der Waals surface area contributed by atoms with Crippen LogP contribution in [0.25, 0.3) is 0 Å². The normalized spacial score (nSPS) is 20.8. The molecule has 0 aromatic carbocycles. The third kappa shape index (κ3) is 1.86. The number of hydrogen-bond donors (Lipinski definition) is 0. The minimum atomic E-state index is -3.33. The molecule has 0 atom stereocenters. The van der Waals surface area contributed by atoms with Crippen LogP contribution >= 0.6 is 15.9 Å². The Hall–Kier alpha value is -0.660. The Kier molecular flexibility index (Phi) is 2.70. The average Bonchev–Trinajstić information content (AvgIpc) is 2.42. The highest BCUT2D eigenvalue weighted by molar-refractivity contribution is 9.10. The highest BCUT2D eigenvalue weighted by atomic mass is 79.9. The van der Waals surface area contributed by atoms with E-state index in [0.717, 1.165) is 4.47 Å². The molecule has 0 saturated carbocycles. The van der Waals surface area contributed by atoms with Crippen molar-refractivity contribution in [3.05, 3.63) is 22.9 Å². The molecule has 0 amide bonds. The molecule has 0 unspecified atom stereocenters. The predicted octanol–water partition coefficient (Wildman–Crippen LogP) is 0.841. The molecule has 15 heavy (non-hydrogen) atoms. The molecule has 7 heteroatoms. The van der Waals surface area contributed by atoms with Gasteiger partial charge in [0.1, 0.15) is 0 Å². The minimum absolute atomic E-state index is 0.469. The van der Waals surface area contributed by atoms with Crippen LogP contribution in [0.1, 0.15) is 0 Å². The summed E-state index contributed by atoms with van der Waals surface area (Å²) in [7, 11) is -1.76. The molecule has 0 spiro atoms. The summed E-state index contributed by atoms with van der Waals surface area (Å²) in [5, 5.41) is 0. The molecule has 1 fully saturated rings. The predicted molar refractivity (Wildman–Crippen MR) is 60.8 cm³/mol. The Balaban J connectivity index is 2.41. The molecule has 0 aliphatic carbocycles. The van der Waals surface area contributed by atoms with E-state index < -0.39 is 10.2 Å². The highest BCUT2D eigenvalue weighted by Crippen LogP contribution is 2.25. The van der Waals surface area contributed by atoms with E-state index in [-0.39, 0.29) is 0 Å². The second-order valence-electron chi connectivity index (χ2n) is 3.26. The summed E-state index contributed by atoms with van der Waals surface area (Å²) in [6.07, 6.45) is 3.16. The molecular weight excluding hydrogens is 282 g/mol. The van der Waals surface area contributed by atoms with E-state index in [9.17, 15) is 8.42 Å². The van der Waals surface area contributed by atoms with E-state index in [4.69, 9.17) is 0 Å². The topological polar surface area (TPSA) is 53.5 Å². The maximum atomic E-state index is 11.8. The van der Waals surface area contributed by atoms with Gasteiger partial charge in [0.05, 0.1) is 11.9 Å². The van der Waals surface area contributed by atoms with Crippen LogP contribution in [0, 0.1) is 0 Å². The van der Waals surface area contributed by atoms with Gasteiger partial charge in [-0.1, -0.05) is 0 Å². The largest absolute Gasteiger partial charge is 0.303 e. The molecule has 0 bridgehead atoms. The number of anilines is 1. The highest BCUT2D eigenvalue weighted by Gasteiger charge is 2.33. The number of likely N-dealkylation sites (N-methyl/N-ethyl adjacent to an activating group) is 1. The van der Waals surface area contributed by atoms with E-state index in [0.29, 0.717) is 18.8 Å². The van der Waals surface area contributed by atoms with Crippen LogP contribution in [0.2, 0.25) is 0 Å². The number of aromatic nitrogens is 1. The lowest BCUT2D eigenvalue weighted by Crippen LogP contribution is -2.30. The zero-order valence-corrected chi connectivity index (χ0v) is 10.5. The van der Waals surface area contributed by atoms with Gasteiger partial charge in [0, 0.05) is 30.8 Å². The summed E-state index contributed by atoms with van der Waals surface area (Å²) in [4.78, 5) is 3.95. The number of rotatable bonds is 1. The molecule has 2 rings (SSSR count). The van der Waals surface area contributed by atoms with Crippen LogP contribution < -0.4 is 4.31 Å². The molecule has 1 aliphatic rings. The summed E-state index contributed by atoms with van der Waals surface area (Å²) in [6, 6.07) is 1.74. The van der Waals surface area contributed by atoms with E-state index in [1.807, 2.05) is 0 Å². The first-order valence-corrected chi connectivity index (χ1v) is 6.55. The van der Waals surface area contributed by atoms with Crippen LogP contribution in [0.5, 0.6) is 0 Å².